The monoisotopic (exact) mass is 468 g/mol. The number of hydrogen-bond acceptors (Lipinski definition) is 1. The van der Waals surface area contributed by atoms with Crippen molar-refractivity contribution in [3.8, 4) is 0 Å². The van der Waals surface area contributed by atoms with E-state index >= 15 is 0 Å². The van der Waals surface area contributed by atoms with Gasteiger partial charge in [-0.15, -0.1) is 34.5 Å². The Kier molecular flexibility index (Phi) is 13.9. The van der Waals surface area contributed by atoms with E-state index in [1.54, 1.807) is 0 Å². The molecule has 0 aliphatic carbocycles. The molecule has 132 valence electrons. The van der Waals surface area contributed by atoms with Gasteiger partial charge < -0.3 is 29.6 Å². The maximum atomic E-state index is 9.13. The minimum Gasteiger partial charge on any atom is -1.00 e. The van der Waals surface area contributed by atoms with Gasteiger partial charge in [-0.25, -0.2) is 0 Å². The average Bonchev–Trinajstić information content (AvgIpc) is 2.88. The smallest absolute Gasteiger partial charge is 1.00 e. The van der Waals surface area contributed by atoms with Crippen molar-refractivity contribution in [2.45, 2.75) is 33.2 Å². The number of halogens is 2. The summed E-state index contributed by atoms with van der Waals surface area (Å²) in [6.07, 6.45) is 0. The second kappa shape index (κ2) is 12.9. The first-order valence-electron chi connectivity index (χ1n) is 7.73. The fraction of sp³-hybridized carbons (Fsp3) is 0.250. The van der Waals surface area contributed by atoms with Crippen molar-refractivity contribution in [1.29, 1.82) is 0 Å². The molecule has 1 N–H and O–H groups in total. The van der Waals surface area contributed by atoms with Crippen molar-refractivity contribution in [2.24, 2.45) is 0 Å². The van der Waals surface area contributed by atoms with Crippen LogP contribution < -0.4 is 30.0 Å². The normalized spacial score (nSPS) is 9.56. The Hall–Kier alpha value is -0.310. The zero-order chi connectivity index (χ0) is 16.1. The predicted octanol–water partition coefficient (Wildman–Crippen LogP) is -1.50. The number of fused-ring (bicyclic) bond motifs is 1. The van der Waals surface area contributed by atoms with Crippen LogP contribution in [0, 0.1) is 6.92 Å². The van der Waals surface area contributed by atoms with Crippen LogP contribution in [0.25, 0.3) is 10.8 Å². The van der Waals surface area contributed by atoms with Gasteiger partial charge in [-0.3, -0.25) is 0 Å². The summed E-state index contributed by atoms with van der Waals surface area (Å²) in [5, 5.41) is 3.88. The number of aryl methyl sites for hydroxylation is 1. The van der Waals surface area contributed by atoms with E-state index < -0.39 is 9.04 Å². The number of rotatable bonds is 2. The maximum Gasteiger partial charge on any atom is 3.00 e. The third kappa shape index (κ3) is 7.85. The molecule has 1 nitrogen and oxygen atoms in total. The summed E-state index contributed by atoms with van der Waals surface area (Å²) in [6, 6.07) is 20.8. The van der Waals surface area contributed by atoms with Gasteiger partial charge in [-0.2, -0.15) is 6.07 Å². The molecule has 0 aliphatic heterocycles. The fourth-order valence-corrected chi connectivity index (χ4v) is 3.27. The zero-order valence-electron chi connectivity index (χ0n) is 15.1. The Bertz CT molecular complexity index is 727. The van der Waals surface area contributed by atoms with Gasteiger partial charge in [-0.05, 0) is 17.7 Å². The van der Waals surface area contributed by atoms with Crippen LogP contribution in [0.2, 0.25) is 6.55 Å². The molecule has 0 amide bonds. The first-order valence-corrected chi connectivity index (χ1v) is 9.67. The molecule has 0 aromatic heterocycles. The van der Waals surface area contributed by atoms with Crippen LogP contribution in [0.5, 0.6) is 0 Å². The Morgan fingerprint density at radius 2 is 1.56 bits per heavy atom. The molecule has 0 saturated carbocycles. The first kappa shape index (κ1) is 26.9. The Labute approximate surface area is 184 Å². The zero-order valence-corrected chi connectivity index (χ0v) is 20.0. The number of hydrogen-bond donors (Lipinski definition) is 1. The second-order valence-electron chi connectivity index (χ2n) is 5.99. The van der Waals surface area contributed by atoms with E-state index in [-0.39, 0.29) is 51.0 Å². The molecule has 0 atom stereocenters. The van der Waals surface area contributed by atoms with Crippen molar-refractivity contribution in [3.05, 3.63) is 71.8 Å². The van der Waals surface area contributed by atoms with Crippen molar-refractivity contribution >= 4 is 25.0 Å². The maximum absolute atomic E-state index is 9.13. The molecule has 0 fully saturated rings. The molecule has 0 spiro atoms. The van der Waals surface area contributed by atoms with Crippen LogP contribution in [0.1, 0.15) is 30.9 Å². The minimum absolute atomic E-state index is 0. The van der Waals surface area contributed by atoms with Crippen LogP contribution in [-0.4, -0.2) is 13.8 Å². The molecule has 25 heavy (non-hydrogen) atoms. The van der Waals surface area contributed by atoms with Gasteiger partial charge in [0.1, 0.15) is 0 Å². The quantitative estimate of drug-likeness (QED) is 0.357. The Morgan fingerprint density at radius 3 is 2.04 bits per heavy atom. The van der Waals surface area contributed by atoms with E-state index in [1.807, 2.05) is 36.9 Å². The van der Waals surface area contributed by atoms with Crippen LogP contribution in [-0.2, 0) is 26.2 Å². The van der Waals surface area contributed by atoms with E-state index in [2.05, 4.69) is 51.1 Å². The fourth-order valence-electron chi connectivity index (χ4n) is 2.59. The molecule has 3 aromatic rings. The van der Waals surface area contributed by atoms with E-state index in [1.165, 1.54) is 21.9 Å². The number of benzene rings is 2. The molecule has 0 bridgehead atoms. The van der Waals surface area contributed by atoms with Crippen LogP contribution >= 0.6 is 0 Å². The van der Waals surface area contributed by atoms with Crippen LogP contribution in [0.4, 0.5) is 0 Å². The van der Waals surface area contributed by atoms with Crippen molar-refractivity contribution in [2.75, 3.05) is 0 Å². The largest absolute Gasteiger partial charge is 3.00 e. The van der Waals surface area contributed by atoms with Gasteiger partial charge in [0.2, 0.25) is 9.04 Å². The standard InChI is InChI=1S/C13H15.C7H9OSi.2ClH.Zr/c1-9(2)12-6-4-5-11-7-10(3)8-13(11)12;1-9(8)7-5-3-2-4-6-7;;;/h4-9H,1-3H3;2-6,8H,1H3;2*1H;/q-1;;;;+3/p-2. The molecule has 3 aromatic carbocycles. The van der Waals surface area contributed by atoms with Crippen molar-refractivity contribution in [1.82, 2.24) is 0 Å². The molecular weight excluding hydrogens is 446 g/mol. The van der Waals surface area contributed by atoms with Gasteiger partial charge >= 0.3 is 26.2 Å². The molecule has 0 saturated heterocycles. The van der Waals surface area contributed by atoms with Gasteiger partial charge in [0, 0.05) is 0 Å². The summed E-state index contributed by atoms with van der Waals surface area (Å²) in [4.78, 5) is 9.13. The SMILES string of the molecule is C[Si](O)c1ccccc1.Cc1cc2c(C(C)C)cccc2[cH-]1.[Cl-].[Cl-].[Zr+3]. The van der Waals surface area contributed by atoms with E-state index in [0.29, 0.717) is 5.92 Å². The summed E-state index contributed by atoms with van der Waals surface area (Å²) in [7, 11) is -1.21. The van der Waals surface area contributed by atoms with Gasteiger partial charge in [0.25, 0.3) is 0 Å². The second-order valence-corrected chi connectivity index (χ2v) is 7.74. The third-order valence-corrected chi connectivity index (χ3v) is 4.91. The first-order chi connectivity index (χ1) is 10.5. The summed E-state index contributed by atoms with van der Waals surface area (Å²) < 4.78 is 0. The van der Waals surface area contributed by atoms with Crippen LogP contribution in [0.3, 0.4) is 0 Å². The molecule has 0 aliphatic rings. The van der Waals surface area contributed by atoms with Gasteiger partial charge in [0.05, 0.1) is 0 Å². The van der Waals surface area contributed by atoms with Crippen molar-refractivity contribution < 1.29 is 55.8 Å². The summed E-state index contributed by atoms with van der Waals surface area (Å²) >= 11 is 0. The Balaban J connectivity index is 0. The molecule has 2 radical (unpaired) electrons. The third-order valence-electron chi connectivity index (χ3n) is 3.74. The van der Waals surface area contributed by atoms with E-state index in [0.717, 1.165) is 5.19 Å². The molecular formula is C20H24Cl2OSiZr. The van der Waals surface area contributed by atoms with Gasteiger partial charge in [0.15, 0.2) is 0 Å². The molecule has 0 unspecified atom stereocenters. The predicted molar refractivity (Wildman–Crippen MR) is 98.3 cm³/mol. The van der Waals surface area contributed by atoms with Gasteiger partial charge in [-0.1, -0.05) is 62.7 Å². The average molecular weight is 471 g/mol. The molecule has 3 rings (SSSR count). The Morgan fingerprint density at radius 1 is 0.960 bits per heavy atom. The molecule has 5 heteroatoms. The van der Waals surface area contributed by atoms with E-state index in [4.69, 9.17) is 4.80 Å². The van der Waals surface area contributed by atoms with Crippen molar-refractivity contribution in [3.63, 3.8) is 0 Å². The minimum atomic E-state index is -1.21. The van der Waals surface area contributed by atoms with Crippen LogP contribution in [0.15, 0.2) is 60.7 Å². The van der Waals surface area contributed by atoms with E-state index in [9.17, 15) is 0 Å². The topological polar surface area (TPSA) is 20.2 Å². The molecule has 0 heterocycles. The summed E-state index contributed by atoms with van der Waals surface area (Å²) in [5.41, 5.74) is 2.83. The summed E-state index contributed by atoms with van der Waals surface area (Å²) in [6.45, 7) is 8.51. The summed E-state index contributed by atoms with van der Waals surface area (Å²) in [5.74, 6) is 0.616.